The van der Waals surface area contributed by atoms with Crippen LogP contribution in [0.3, 0.4) is 0 Å². The van der Waals surface area contributed by atoms with Crippen molar-refractivity contribution in [1.82, 2.24) is 20.0 Å². The largest absolute Gasteiger partial charge is 0.351 e. The summed E-state index contributed by atoms with van der Waals surface area (Å²) < 4.78 is 5.39. The average Bonchev–Trinajstić information content (AvgIpc) is 3.04. The van der Waals surface area contributed by atoms with E-state index < -0.39 is 0 Å². The van der Waals surface area contributed by atoms with E-state index in [1.165, 1.54) is 5.56 Å². The number of benzene rings is 1. The van der Waals surface area contributed by atoms with E-state index in [-0.39, 0.29) is 11.9 Å². The van der Waals surface area contributed by atoms with Gasteiger partial charge in [-0.2, -0.15) is 4.98 Å². The summed E-state index contributed by atoms with van der Waals surface area (Å²) in [5.74, 6) is 1.83. The number of H-pyrrole nitrogens is 1. The quantitative estimate of drug-likeness (QED) is 0.791. The highest BCUT2D eigenvalue weighted by Crippen LogP contribution is 2.40. The maximum absolute atomic E-state index is 13.0. The Hall–Kier alpha value is -2.63. The minimum Gasteiger partial charge on any atom is -0.351 e. The Kier molecular flexibility index (Phi) is 3.20. The van der Waals surface area contributed by atoms with Crippen LogP contribution in [0, 0.1) is 6.92 Å². The summed E-state index contributed by atoms with van der Waals surface area (Å²) in [7, 11) is 0. The molecule has 1 saturated carbocycles. The zero-order valence-electron chi connectivity index (χ0n) is 14.2. The highest BCUT2D eigenvalue weighted by atomic mass is 16.5. The normalized spacial score (nSPS) is 20.5. The minimum absolute atomic E-state index is 0.00845. The molecule has 1 saturated heterocycles. The molecule has 1 atom stereocenters. The van der Waals surface area contributed by atoms with Crippen LogP contribution < -0.4 is 0 Å². The predicted molar refractivity (Wildman–Crippen MR) is 92.3 cm³/mol. The molecule has 6 nitrogen and oxygen atoms in total. The molecule has 1 aromatic carbocycles. The van der Waals surface area contributed by atoms with Gasteiger partial charge in [0.15, 0.2) is 5.82 Å². The smallest absolute Gasteiger partial charge is 0.270 e. The van der Waals surface area contributed by atoms with Crippen LogP contribution in [-0.2, 0) is 0 Å². The molecule has 2 aliphatic rings. The number of aryl methyl sites for hydroxylation is 1. The molecule has 1 aliphatic carbocycles. The number of hydrogen-bond acceptors (Lipinski definition) is 4. The van der Waals surface area contributed by atoms with Gasteiger partial charge >= 0.3 is 0 Å². The lowest BCUT2D eigenvalue weighted by molar-refractivity contribution is 0.0723. The monoisotopic (exact) mass is 336 g/mol. The molecule has 25 heavy (non-hydrogen) atoms. The highest BCUT2D eigenvalue weighted by molar-refractivity contribution is 5.98. The van der Waals surface area contributed by atoms with Crippen LogP contribution in [-0.4, -0.2) is 32.5 Å². The number of rotatable bonds is 3. The lowest BCUT2D eigenvalue weighted by Crippen LogP contribution is -2.31. The van der Waals surface area contributed by atoms with E-state index in [0.29, 0.717) is 17.4 Å². The van der Waals surface area contributed by atoms with E-state index in [4.69, 9.17) is 4.52 Å². The number of carbonyl (C=O) groups excluding carboxylic acids is 1. The SMILES string of the molecule is Cc1ccc2cc(C(=O)N3CCC[C@@H]3c3noc(C4CC4)n3)[nH]c2c1. The van der Waals surface area contributed by atoms with Crippen LogP contribution in [0.4, 0.5) is 0 Å². The number of aromatic nitrogens is 3. The summed E-state index contributed by atoms with van der Waals surface area (Å²) >= 11 is 0. The lowest BCUT2D eigenvalue weighted by atomic mass is 10.2. The number of aromatic amines is 1. The van der Waals surface area contributed by atoms with Crippen LogP contribution in [0.5, 0.6) is 0 Å². The first-order valence-electron chi connectivity index (χ1n) is 8.93. The maximum atomic E-state index is 13.0. The van der Waals surface area contributed by atoms with Crippen LogP contribution in [0.15, 0.2) is 28.8 Å². The van der Waals surface area contributed by atoms with Crippen molar-refractivity contribution in [2.45, 2.75) is 44.6 Å². The lowest BCUT2D eigenvalue weighted by Gasteiger charge is -2.21. The molecule has 0 bridgehead atoms. The van der Waals surface area contributed by atoms with Crippen molar-refractivity contribution in [2.24, 2.45) is 0 Å². The van der Waals surface area contributed by atoms with E-state index in [1.54, 1.807) is 0 Å². The van der Waals surface area contributed by atoms with Gasteiger partial charge in [-0.1, -0.05) is 17.3 Å². The van der Waals surface area contributed by atoms with Crippen molar-refractivity contribution in [1.29, 1.82) is 0 Å². The Morgan fingerprint density at radius 2 is 2.16 bits per heavy atom. The molecule has 0 radical (unpaired) electrons. The van der Waals surface area contributed by atoms with Gasteiger partial charge in [-0.3, -0.25) is 4.79 Å². The van der Waals surface area contributed by atoms with Crippen molar-refractivity contribution in [3.63, 3.8) is 0 Å². The Balaban J connectivity index is 1.44. The third kappa shape index (κ3) is 2.52. The van der Waals surface area contributed by atoms with Gasteiger partial charge in [-0.15, -0.1) is 0 Å². The first-order chi connectivity index (χ1) is 12.2. The number of carbonyl (C=O) groups is 1. The van der Waals surface area contributed by atoms with Gasteiger partial charge in [0.05, 0.1) is 6.04 Å². The summed E-state index contributed by atoms with van der Waals surface area (Å²) in [5, 5.41) is 5.21. The van der Waals surface area contributed by atoms with E-state index in [1.807, 2.05) is 24.0 Å². The number of nitrogens with one attached hydrogen (secondary N) is 1. The number of likely N-dealkylation sites (tertiary alicyclic amines) is 1. The van der Waals surface area contributed by atoms with Crippen LogP contribution in [0.25, 0.3) is 10.9 Å². The van der Waals surface area contributed by atoms with E-state index in [2.05, 4.69) is 27.3 Å². The summed E-state index contributed by atoms with van der Waals surface area (Å²) in [6.07, 6.45) is 4.10. The molecule has 6 heteroatoms. The standard InChI is InChI=1S/C19H20N4O2/c1-11-4-5-13-10-15(20-14(13)9-11)19(24)23-8-2-3-16(23)17-21-18(25-22-17)12-6-7-12/h4-5,9-10,12,16,20H,2-3,6-8H2,1H3/t16-/m1/s1. The van der Waals surface area contributed by atoms with Crippen molar-refractivity contribution >= 4 is 16.8 Å². The second-order valence-corrected chi connectivity index (χ2v) is 7.20. The molecule has 3 aromatic rings. The molecule has 2 aromatic heterocycles. The first kappa shape index (κ1) is 14.7. The fourth-order valence-electron chi connectivity index (χ4n) is 3.67. The van der Waals surface area contributed by atoms with Crippen LogP contribution in [0.2, 0.25) is 0 Å². The summed E-state index contributed by atoms with van der Waals surface area (Å²) in [5.41, 5.74) is 2.79. The highest BCUT2D eigenvalue weighted by Gasteiger charge is 2.36. The van der Waals surface area contributed by atoms with Gasteiger partial charge in [-0.25, -0.2) is 0 Å². The van der Waals surface area contributed by atoms with Crippen LogP contribution in [0.1, 0.15) is 65.4 Å². The number of amides is 1. The molecule has 5 rings (SSSR count). The molecule has 0 unspecified atom stereocenters. The Morgan fingerprint density at radius 3 is 3.00 bits per heavy atom. The third-order valence-electron chi connectivity index (χ3n) is 5.20. The van der Waals surface area contributed by atoms with Gasteiger partial charge in [-0.05, 0) is 50.3 Å². The Morgan fingerprint density at radius 1 is 1.28 bits per heavy atom. The Labute approximate surface area is 145 Å². The molecule has 1 amide bonds. The molecule has 1 N–H and O–H groups in total. The van der Waals surface area contributed by atoms with Gasteiger partial charge in [0.2, 0.25) is 5.89 Å². The molecule has 2 fully saturated rings. The first-order valence-corrected chi connectivity index (χ1v) is 8.93. The van der Waals surface area contributed by atoms with Crippen LogP contribution >= 0.6 is 0 Å². The average molecular weight is 336 g/mol. The van der Waals surface area contributed by atoms with Crippen molar-refractivity contribution in [2.75, 3.05) is 6.54 Å². The molecular formula is C19H20N4O2. The molecular weight excluding hydrogens is 316 g/mol. The van der Waals surface area contributed by atoms with E-state index in [9.17, 15) is 4.79 Å². The minimum atomic E-state index is -0.0862. The summed E-state index contributed by atoms with van der Waals surface area (Å²) in [6.45, 7) is 2.77. The molecule has 3 heterocycles. The second kappa shape index (κ2) is 5.44. The fraction of sp³-hybridized carbons (Fsp3) is 0.421. The second-order valence-electron chi connectivity index (χ2n) is 7.20. The number of hydrogen-bond donors (Lipinski definition) is 1. The zero-order chi connectivity index (χ0) is 17.0. The molecule has 128 valence electrons. The zero-order valence-corrected chi connectivity index (χ0v) is 14.2. The summed E-state index contributed by atoms with van der Waals surface area (Å²) in [4.78, 5) is 22.7. The molecule has 0 spiro atoms. The number of fused-ring (bicyclic) bond motifs is 1. The fourth-order valence-corrected chi connectivity index (χ4v) is 3.67. The van der Waals surface area contributed by atoms with E-state index >= 15 is 0 Å². The predicted octanol–water partition coefficient (Wildman–Crippen LogP) is 3.71. The summed E-state index contributed by atoms with van der Waals surface area (Å²) in [6, 6.07) is 8.01. The van der Waals surface area contributed by atoms with Crippen molar-refractivity contribution in [3.8, 4) is 0 Å². The van der Waals surface area contributed by atoms with E-state index in [0.717, 1.165) is 49.0 Å². The van der Waals surface area contributed by atoms with Crippen molar-refractivity contribution in [3.05, 3.63) is 47.2 Å². The third-order valence-corrected chi connectivity index (χ3v) is 5.20. The van der Waals surface area contributed by atoms with Crippen molar-refractivity contribution < 1.29 is 9.32 Å². The Bertz CT molecular complexity index is 953. The van der Waals surface area contributed by atoms with Gasteiger partial charge in [0.1, 0.15) is 5.69 Å². The topological polar surface area (TPSA) is 75.0 Å². The molecule has 1 aliphatic heterocycles. The van der Waals surface area contributed by atoms with Gasteiger partial charge < -0.3 is 14.4 Å². The van der Waals surface area contributed by atoms with Gasteiger partial charge in [0.25, 0.3) is 5.91 Å². The van der Waals surface area contributed by atoms with Gasteiger partial charge in [0, 0.05) is 23.4 Å². The maximum Gasteiger partial charge on any atom is 0.270 e. The number of nitrogens with zero attached hydrogens (tertiary/aromatic N) is 3.